The largest absolute Gasteiger partial charge is 2.00 e. The molecule has 0 saturated heterocycles. The van der Waals surface area contributed by atoms with Gasteiger partial charge in [-0.15, -0.1) is 0 Å². The number of halogens is 3. The maximum absolute atomic E-state index is 9.45. The Labute approximate surface area is 139 Å². The van der Waals surface area contributed by atoms with E-state index in [1.807, 2.05) is 24.0 Å². The fourth-order valence-corrected chi connectivity index (χ4v) is 1.37. The zero-order chi connectivity index (χ0) is 10.6. The van der Waals surface area contributed by atoms with Crippen LogP contribution in [0.25, 0.3) is 4.98 Å². The second kappa shape index (κ2) is 13.3. The third-order valence-corrected chi connectivity index (χ3v) is 2.09. The van der Waals surface area contributed by atoms with Crippen molar-refractivity contribution >= 4 is 11.4 Å². The van der Waals surface area contributed by atoms with Crippen molar-refractivity contribution in [2.24, 2.45) is 0 Å². The number of hydrogen-bond acceptors (Lipinski definition) is 3. The standard InChI is InChI=1S/C10H14N3O.3ClH.Zn/c1-3-13(8(2)14)10-6-4-9(12-11)5-7-10;;;;/h4-8,14H,3H2,1-2H3;3*1H;/q+1;;;;+2/p-3. The van der Waals surface area contributed by atoms with E-state index in [0.717, 1.165) is 12.2 Å². The first-order valence-electron chi connectivity index (χ1n) is 4.59. The summed E-state index contributed by atoms with van der Waals surface area (Å²) in [4.78, 5) is 4.90. The Hall–Kier alpha value is -0.107. The van der Waals surface area contributed by atoms with Gasteiger partial charge in [0.05, 0.1) is 0 Å². The van der Waals surface area contributed by atoms with Gasteiger partial charge in [0.15, 0.2) is 4.98 Å². The van der Waals surface area contributed by atoms with Crippen LogP contribution in [0.5, 0.6) is 0 Å². The average Bonchev–Trinajstić information content (AvgIpc) is 2.19. The van der Waals surface area contributed by atoms with E-state index in [4.69, 9.17) is 5.39 Å². The summed E-state index contributed by atoms with van der Waals surface area (Å²) in [6.45, 7) is 4.41. The van der Waals surface area contributed by atoms with E-state index >= 15 is 0 Å². The molecule has 1 rings (SSSR count). The molecule has 8 heteroatoms. The van der Waals surface area contributed by atoms with Crippen LogP contribution in [-0.2, 0) is 19.5 Å². The summed E-state index contributed by atoms with van der Waals surface area (Å²) in [7, 11) is 0. The average molecular weight is 364 g/mol. The maximum Gasteiger partial charge on any atom is 2.00 e. The maximum atomic E-state index is 9.45. The van der Waals surface area contributed by atoms with E-state index in [-0.39, 0.29) is 56.7 Å². The van der Waals surface area contributed by atoms with Crippen LogP contribution < -0.4 is 42.1 Å². The Morgan fingerprint density at radius 1 is 1.22 bits per heavy atom. The summed E-state index contributed by atoms with van der Waals surface area (Å²) in [5.74, 6) is 0. The number of aliphatic hydroxyl groups excluding tert-OH is 1. The third-order valence-electron chi connectivity index (χ3n) is 2.09. The molecule has 0 radical (unpaired) electrons. The number of hydrogen-bond donors (Lipinski definition) is 1. The van der Waals surface area contributed by atoms with Crippen molar-refractivity contribution < 1.29 is 61.8 Å². The molecule has 98 valence electrons. The van der Waals surface area contributed by atoms with Crippen LogP contribution in [0.4, 0.5) is 11.4 Å². The van der Waals surface area contributed by atoms with Gasteiger partial charge >= 0.3 is 25.2 Å². The van der Waals surface area contributed by atoms with Gasteiger partial charge in [0.25, 0.3) is 0 Å². The van der Waals surface area contributed by atoms with E-state index in [2.05, 4.69) is 4.98 Å². The van der Waals surface area contributed by atoms with E-state index in [9.17, 15) is 5.11 Å². The molecule has 0 aliphatic carbocycles. The Morgan fingerprint density at radius 2 is 1.67 bits per heavy atom. The minimum absolute atomic E-state index is 0. The molecule has 0 heterocycles. The Kier molecular flexibility index (Phi) is 19.6. The van der Waals surface area contributed by atoms with E-state index < -0.39 is 6.23 Å². The summed E-state index contributed by atoms with van der Waals surface area (Å²) in [6, 6.07) is 7.01. The van der Waals surface area contributed by atoms with E-state index in [1.54, 1.807) is 19.1 Å². The smallest absolute Gasteiger partial charge is 1.00 e. The predicted octanol–water partition coefficient (Wildman–Crippen LogP) is -6.65. The number of rotatable bonds is 3. The topological polar surface area (TPSA) is 51.6 Å². The quantitative estimate of drug-likeness (QED) is 0.330. The summed E-state index contributed by atoms with van der Waals surface area (Å²) in [5.41, 5.74) is 1.42. The van der Waals surface area contributed by atoms with Crippen LogP contribution in [0.3, 0.4) is 0 Å². The molecule has 0 aromatic heterocycles. The zero-order valence-corrected chi connectivity index (χ0v) is 15.5. The third kappa shape index (κ3) is 7.35. The van der Waals surface area contributed by atoms with Gasteiger partial charge in [-0.3, -0.25) is 0 Å². The van der Waals surface area contributed by atoms with Gasteiger partial charge in [0, 0.05) is 24.4 Å². The van der Waals surface area contributed by atoms with Crippen LogP contribution in [0, 0.1) is 5.39 Å². The van der Waals surface area contributed by atoms with Gasteiger partial charge in [-0.25, -0.2) is 0 Å². The van der Waals surface area contributed by atoms with E-state index in [0.29, 0.717) is 5.69 Å². The van der Waals surface area contributed by atoms with Crippen LogP contribution in [0.1, 0.15) is 13.8 Å². The molecule has 1 N–H and O–H groups in total. The molecule has 0 aliphatic heterocycles. The van der Waals surface area contributed by atoms with Gasteiger partial charge in [-0.05, 0) is 26.0 Å². The number of aliphatic hydroxyl groups is 1. The first-order valence-corrected chi connectivity index (χ1v) is 4.59. The molecule has 0 bridgehead atoms. The summed E-state index contributed by atoms with van der Waals surface area (Å²) >= 11 is 0. The number of nitrogens with zero attached hydrogens (tertiary/aromatic N) is 3. The minimum Gasteiger partial charge on any atom is -1.00 e. The molecule has 1 aromatic rings. The van der Waals surface area contributed by atoms with Crippen molar-refractivity contribution in [2.45, 2.75) is 20.1 Å². The zero-order valence-electron chi connectivity index (χ0n) is 10.2. The van der Waals surface area contributed by atoms with Crippen molar-refractivity contribution in [2.75, 3.05) is 11.4 Å². The Morgan fingerprint density at radius 3 is 1.94 bits per heavy atom. The van der Waals surface area contributed by atoms with Crippen molar-refractivity contribution in [1.29, 1.82) is 5.39 Å². The van der Waals surface area contributed by atoms with Gasteiger partial charge in [-0.2, -0.15) is 0 Å². The molecule has 0 aliphatic rings. The number of benzene rings is 1. The molecule has 0 fully saturated rings. The van der Waals surface area contributed by atoms with Crippen LogP contribution in [0.2, 0.25) is 0 Å². The predicted molar refractivity (Wildman–Crippen MR) is 55.9 cm³/mol. The van der Waals surface area contributed by atoms with Crippen LogP contribution in [-0.4, -0.2) is 17.9 Å². The monoisotopic (exact) mass is 361 g/mol. The van der Waals surface area contributed by atoms with Crippen molar-refractivity contribution in [3.8, 4) is 0 Å². The van der Waals surface area contributed by atoms with Gasteiger partial charge in [-0.1, -0.05) is 0 Å². The molecule has 0 spiro atoms. The molecular weight excluding hydrogens is 350 g/mol. The first kappa shape index (κ1) is 26.5. The van der Waals surface area contributed by atoms with Crippen LogP contribution in [0.15, 0.2) is 24.3 Å². The molecule has 1 aromatic carbocycles. The van der Waals surface area contributed by atoms with Crippen molar-refractivity contribution in [3.63, 3.8) is 0 Å². The van der Waals surface area contributed by atoms with Gasteiger partial charge in [0.1, 0.15) is 6.23 Å². The van der Waals surface area contributed by atoms with E-state index in [1.165, 1.54) is 0 Å². The summed E-state index contributed by atoms with van der Waals surface area (Å²) < 4.78 is 0. The SMILES string of the molecule is CCN(c1ccc([N+]#N)cc1)C(C)O.[Cl-].[Cl-].[Cl-].[Zn+2]. The van der Waals surface area contributed by atoms with Crippen LogP contribution >= 0.6 is 0 Å². The molecule has 1 unspecified atom stereocenters. The molecule has 0 saturated carbocycles. The molecule has 18 heavy (non-hydrogen) atoms. The van der Waals surface area contributed by atoms with Crippen molar-refractivity contribution in [3.05, 3.63) is 29.2 Å². The summed E-state index contributed by atoms with van der Waals surface area (Å²) in [5, 5.41) is 17.9. The second-order valence-electron chi connectivity index (χ2n) is 3.03. The van der Waals surface area contributed by atoms with Gasteiger partial charge < -0.3 is 47.2 Å². The molecule has 1 atom stereocenters. The van der Waals surface area contributed by atoms with Crippen molar-refractivity contribution in [1.82, 2.24) is 0 Å². The first-order chi connectivity index (χ1) is 6.69. The Balaban J connectivity index is -0.000000245. The number of diazo groups is 1. The molecular formula is C10H14Cl3N3OZn. The minimum atomic E-state index is -0.517. The number of anilines is 1. The summed E-state index contributed by atoms with van der Waals surface area (Å²) in [6.07, 6.45) is -0.517. The fourth-order valence-electron chi connectivity index (χ4n) is 1.37. The van der Waals surface area contributed by atoms with Gasteiger partial charge in [0.2, 0.25) is 5.39 Å². The normalized spacial score (nSPS) is 9.22. The second-order valence-corrected chi connectivity index (χ2v) is 3.03. The fraction of sp³-hybridized carbons (Fsp3) is 0.400. The Bertz CT molecular complexity index is 343. The molecule has 0 amide bonds. The molecule has 4 nitrogen and oxygen atoms in total.